The Morgan fingerprint density at radius 3 is 2.78 bits per heavy atom. The summed E-state index contributed by atoms with van der Waals surface area (Å²) < 4.78 is 0. The van der Waals surface area contributed by atoms with E-state index in [-0.39, 0.29) is 5.91 Å². The van der Waals surface area contributed by atoms with Crippen LogP contribution < -0.4 is 0 Å². The fourth-order valence-electron chi connectivity index (χ4n) is 2.83. The quantitative estimate of drug-likeness (QED) is 0.783. The lowest BCUT2D eigenvalue weighted by molar-refractivity contribution is -0.131. The molecular formula is C16H23NO. The van der Waals surface area contributed by atoms with E-state index in [9.17, 15) is 4.79 Å². The van der Waals surface area contributed by atoms with Gasteiger partial charge in [0, 0.05) is 25.4 Å². The lowest BCUT2D eigenvalue weighted by Gasteiger charge is -2.27. The van der Waals surface area contributed by atoms with Gasteiger partial charge in [0.15, 0.2) is 0 Å². The minimum absolute atomic E-state index is 0.286. The van der Waals surface area contributed by atoms with Gasteiger partial charge in [-0.15, -0.1) is 0 Å². The highest BCUT2D eigenvalue weighted by Crippen LogP contribution is 2.31. The number of benzene rings is 1. The Bertz CT molecular complexity index is 425. The second kappa shape index (κ2) is 5.55. The smallest absolute Gasteiger partial charge is 0.222 e. The molecule has 1 unspecified atom stereocenters. The van der Waals surface area contributed by atoms with Crippen molar-refractivity contribution in [3.63, 3.8) is 0 Å². The van der Waals surface area contributed by atoms with Crippen LogP contribution in [0.2, 0.25) is 0 Å². The predicted octanol–water partition coefficient (Wildman–Crippen LogP) is 3.22. The van der Waals surface area contributed by atoms with Crippen molar-refractivity contribution >= 4 is 5.91 Å². The second-order valence-electron chi connectivity index (χ2n) is 5.49. The Hall–Kier alpha value is -1.31. The van der Waals surface area contributed by atoms with Crippen molar-refractivity contribution in [3.8, 4) is 0 Å². The van der Waals surface area contributed by atoms with E-state index < -0.39 is 0 Å². The summed E-state index contributed by atoms with van der Waals surface area (Å²) in [5.41, 5.74) is 2.86. The molecule has 1 atom stereocenters. The maximum atomic E-state index is 12.0. The van der Waals surface area contributed by atoms with Gasteiger partial charge in [-0.25, -0.2) is 0 Å². The monoisotopic (exact) mass is 245 g/mol. The predicted molar refractivity (Wildman–Crippen MR) is 74.6 cm³/mol. The standard InChI is InChI=1S/C16H23NO/c1-4-16(18)17-10-9-13-7-5-6-8-14(13)15(11-17)12(2)3/h5-8,12,15H,4,9-11H2,1-3H3. The molecule has 2 rings (SSSR count). The number of fused-ring (bicyclic) bond motifs is 1. The molecule has 1 aromatic rings. The molecule has 0 fully saturated rings. The molecule has 1 amide bonds. The summed E-state index contributed by atoms with van der Waals surface area (Å²) >= 11 is 0. The van der Waals surface area contributed by atoms with Gasteiger partial charge in [-0.3, -0.25) is 4.79 Å². The van der Waals surface area contributed by atoms with Gasteiger partial charge in [0.2, 0.25) is 5.91 Å². The molecule has 0 saturated carbocycles. The average Bonchev–Trinajstić information content (AvgIpc) is 2.57. The fraction of sp³-hybridized carbons (Fsp3) is 0.562. The van der Waals surface area contributed by atoms with Gasteiger partial charge in [0.1, 0.15) is 0 Å². The topological polar surface area (TPSA) is 20.3 Å². The van der Waals surface area contributed by atoms with Crippen LogP contribution in [0, 0.1) is 5.92 Å². The molecule has 0 saturated heterocycles. The molecule has 0 bridgehead atoms. The zero-order valence-electron chi connectivity index (χ0n) is 11.6. The molecule has 0 radical (unpaired) electrons. The number of carbonyl (C=O) groups excluding carboxylic acids is 1. The summed E-state index contributed by atoms with van der Waals surface area (Å²) in [5.74, 6) is 1.32. The van der Waals surface area contributed by atoms with Crippen LogP contribution in [0.15, 0.2) is 24.3 Å². The lowest BCUT2D eigenvalue weighted by atomic mass is 9.85. The van der Waals surface area contributed by atoms with E-state index in [1.165, 1.54) is 11.1 Å². The first-order valence-corrected chi connectivity index (χ1v) is 6.99. The minimum atomic E-state index is 0.286. The minimum Gasteiger partial charge on any atom is -0.342 e. The van der Waals surface area contributed by atoms with Gasteiger partial charge in [0.05, 0.1) is 0 Å². The van der Waals surface area contributed by atoms with E-state index in [0.29, 0.717) is 18.3 Å². The lowest BCUT2D eigenvalue weighted by Crippen LogP contribution is -2.35. The summed E-state index contributed by atoms with van der Waals surface area (Å²) in [5, 5.41) is 0. The third-order valence-corrected chi connectivity index (χ3v) is 3.98. The number of hydrogen-bond acceptors (Lipinski definition) is 1. The van der Waals surface area contributed by atoms with Gasteiger partial charge in [-0.1, -0.05) is 45.0 Å². The third kappa shape index (κ3) is 2.58. The molecule has 0 aromatic heterocycles. The Morgan fingerprint density at radius 2 is 2.11 bits per heavy atom. The first-order chi connectivity index (χ1) is 8.63. The molecule has 18 heavy (non-hydrogen) atoms. The number of amides is 1. The van der Waals surface area contributed by atoms with E-state index in [1.807, 2.05) is 11.8 Å². The summed E-state index contributed by atoms with van der Waals surface area (Å²) in [6, 6.07) is 8.67. The highest BCUT2D eigenvalue weighted by molar-refractivity contribution is 5.76. The molecule has 0 aliphatic carbocycles. The van der Waals surface area contributed by atoms with Gasteiger partial charge in [-0.05, 0) is 23.5 Å². The first kappa shape index (κ1) is 13.1. The summed E-state index contributed by atoms with van der Waals surface area (Å²) in [4.78, 5) is 14.0. The van der Waals surface area contributed by atoms with E-state index >= 15 is 0 Å². The van der Waals surface area contributed by atoms with E-state index in [2.05, 4.69) is 38.1 Å². The van der Waals surface area contributed by atoms with Crippen LogP contribution in [-0.4, -0.2) is 23.9 Å². The van der Waals surface area contributed by atoms with Crippen molar-refractivity contribution in [2.24, 2.45) is 5.92 Å². The molecule has 0 spiro atoms. The average molecular weight is 245 g/mol. The van der Waals surface area contributed by atoms with Crippen LogP contribution in [0.1, 0.15) is 44.2 Å². The molecule has 2 nitrogen and oxygen atoms in total. The Morgan fingerprint density at radius 1 is 1.39 bits per heavy atom. The summed E-state index contributed by atoms with van der Waals surface area (Å²) in [7, 11) is 0. The largest absolute Gasteiger partial charge is 0.342 e. The zero-order valence-corrected chi connectivity index (χ0v) is 11.6. The maximum absolute atomic E-state index is 12.0. The zero-order chi connectivity index (χ0) is 13.1. The second-order valence-corrected chi connectivity index (χ2v) is 5.49. The third-order valence-electron chi connectivity index (χ3n) is 3.98. The Balaban J connectivity index is 2.31. The normalized spacial score (nSPS) is 19.6. The molecule has 1 aliphatic heterocycles. The molecule has 1 aliphatic rings. The van der Waals surface area contributed by atoms with Crippen molar-refractivity contribution in [2.45, 2.75) is 39.5 Å². The maximum Gasteiger partial charge on any atom is 0.222 e. The van der Waals surface area contributed by atoms with Crippen LogP contribution in [0.25, 0.3) is 0 Å². The van der Waals surface area contributed by atoms with E-state index in [0.717, 1.165) is 19.5 Å². The van der Waals surface area contributed by atoms with E-state index in [1.54, 1.807) is 0 Å². The Labute approximate surface area is 110 Å². The molecule has 1 heterocycles. The van der Waals surface area contributed by atoms with Crippen molar-refractivity contribution in [1.82, 2.24) is 4.90 Å². The van der Waals surface area contributed by atoms with Crippen LogP contribution >= 0.6 is 0 Å². The molecule has 2 heteroatoms. The summed E-state index contributed by atoms with van der Waals surface area (Å²) in [6.45, 7) is 8.20. The highest BCUT2D eigenvalue weighted by Gasteiger charge is 2.26. The fourth-order valence-corrected chi connectivity index (χ4v) is 2.83. The molecule has 98 valence electrons. The summed E-state index contributed by atoms with van der Waals surface area (Å²) in [6.07, 6.45) is 1.60. The molecule has 1 aromatic carbocycles. The van der Waals surface area contributed by atoms with Crippen LogP contribution in [0.4, 0.5) is 0 Å². The van der Waals surface area contributed by atoms with Crippen LogP contribution in [-0.2, 0) is 11.2 Å². The van der Waals surface area contributed by atoms with Crippen LogP contribution in [0.3, 0.4) is 0 Å². The Kier molecular flexibility index (Phi) is 4.05. The van der Waals surface area contributed by atoms with Gasteiger partial charge in [0.25, 0.3) is 0 Å². The number of rotatable bonds is 2. The van der Waals surface area contributed by atoms with Gasteiger partial charge < -0.3 is 4.90 Å². The van der Waals surface area contributed by atoms with Crippen molar-refractivity contribution in [1.29, 1.82) is 0 Å². The van der Waals surface area contributed by atoms with Crippen LogP contribution in [0.5, 0.6) is 0 Å². The first-order valence-electron chi connectivity index (χ1n) is 6.99. The number of carbonyl (C=O) groups is 1. The molecular weight excluding hydrogens is 222 g/mol. The highest BCUT2D eigenvalue weighted by atomic mass is 16.2. The van der Waals surface area contributed by atoms with Gasteiger partial charge >= 0.3 is 0 Å². The van der Waals surface area contributed by atoms with Crippen molar-refractivity contribution in [3.05, 3.63) is 35.4 Å². The van der Waals surface area contributed by atoms with Crippen molar-refractivity contribution < 1.29 is 4.79 Å². The van der Waals surface area contributed by atoms with Crippen molar-refractivity contribution in [2.75, 3.05) is 13.1 Å². The van der Waals surface area contributed by atoms with E-state index in [4.69, 9.17) is 0 Å². The number of hydrogen-bond donors (Lipinski definition) is 0. The SMILES string of the molecule is CCC(=O)N1CCc2ccccc2C(C(C)C)C1. The molecule has 0 N–H and O–H groups in total. The number of nitrogens with zero attached hydrogens (tertiary/aromatic N) is 1. The van der Waals surface area contributed by atoms with Gasteiger partial charge in [-0.2, -0.15) is 0 Å².